The predicted octanol–water partition coefficient (Wildman–Crippen LogP) is 0.784. The van der Waals surface area contributed by atoms with Crippen LogP contribution in [0.4, 0.5) is 0 Å². The van der Waals surface area contributed by atoms with E-state index >= 15 is 0 Å². The normalized spacial score (nSPS) is 19.0. The van der Waals surface area contributed by atoms with Crippen LogP contribution in [0.25, 0.3) is 11.0 Å². The van der Waals surface area contributed by atoms with Gasteiger partial charge >= 0.3 is 0 Å². The number of hydrogen-bond acceptors (Lipinski definition) is 5. The number of nitrogens with zero attached hydrogens (tertiary/aromatic N) is 3. The molecule has 8 heteroatoms. The third-order valence-corrected chi connectivity index (χ3v) is 4.52. The second-order valence-corrected chi connectivity index (χ2v) is 7.50. The predicted molar refractivity (Wildman–Crippen MR) is 86.4 cm³/mol. The summed E-state index contributed by atoms with van der Waals surface area (Å²) in [7, 11) is -3.28. The number of nitrogens with one attached hydrogen (secondary N) is 1. The maximum atomic E-state index is 12.6. The Kier molecular flexibility index (Phi) is 4.27. The summed E-state index contributed by atoms with van der Waals surface area (Å²) in [5.41, 5.74) is 1.68. The molecule has 1 N–H and O–H groups in total. The lowest BCUT2D eigenvalue weighted by molar-refractivity contribution is 0.0697. The van der Waals surface area contributed by atoms with Crippen LogP contribution in [0.5, 0.6) is 0 Å². The lowest BCUT2D eigenvalue weighted by Crippen LogP contribution is -2.49. The number of amides is 1. The summed E-state index contributed by atoms with van der Waals surface area (Å²) in [5.74, 6) is -0.219. The quantitative estimate of drug-likeness (QED) is 0.895. The minimum Gasteiger partial charge on any atom is -0.336 e. The minimum absolute atomic E-state index is 0.219. The van der Waals surface area contributed by atoms with Crippen molar-refractivity contribution < 1.29 is 13.2 Å². The molecule has 1 saturated heterocycles. The van der Waals surface area contributed by atoms with E-state index < -0.39 is 10.0 Å². The molecule has 122 valence electrons. The largest absolute Gasteiger partial charge is 0.336 e. The second kappa shape index (κ2) is 6.21. The Morgan fingerprint density at radius 2 is 2.04 bits per heavy atom. The molecular weight excluding hydrogens is 316 g/mol. The highest BCUT2D eigenvalue weighted by molar-refractivity contribution is 7.88. The third kappa shape index (κ3) is 3.83. The van der Waals surface area contributed by atoms with Gasteiger partial charge in [0, 0.05) is 19.1 Å². The van der Waals surface area contributed by atoms with E-state index in [9.17, 15) is 13.2 Å². The third-order valence-electron chi connectivity index (χ3n) is 3.76. The van der Waals surface area contributed by atoms with E-state index in [0.717, 1.165) is 24.6 Å². The van der Waals surface area contributed by atoms with Crippen molar-refractivity contribution in [3.05, 3.63) is 36.2 Å². The summed E-state index contributed by atoms with van der Waals surface area (Å²) in [6.07, 6.45) is 4.07. The number of carbonyl (C=O) groups is 1. The van der Waals surface area contributed by atoms with Gasteiger partial charge in [-0.1, -0.05) is 12.1 Å². The number of carbonyl (C=O) groups excluding carboxylic acids is 1. The maximum Gasteiger partial charge on any atom is 0.274 e. The summed E-state index contributed by atoms with van der Waals surface area (Å²) in [6, 6.07) is 7.10. The van der Waals surface area contributed by atoms with Crippen LogP contribution in [0.1, 0.15) is 23.3 Å². The highest BCUT2D eigenvalue weighted by Gasteiger charge is 2.27. The minimum atomic E-state index is -3.28. The lowest BCUT2D eigenvalue weighted by Gasteiger charge is -2.32. The van der Waals surface area contributed by atoms with Crippen molar-refractivity contribution in [2.75, 3.05) is 19.3 Å². The number of hydrogen-bond donors (Lipinski definition) is 1. The molecule has 1 aromatic heterocycles. The van der Waals surface area contributed by atoms with Gasteiger partial charge < -0.3 is 4.90 Å². The first-order valence-electron chi connectivity index (χ1n) is 7.41. The summed E-state index contributed by atoms with van der Waals surface area (Å²) in [4.78, 5) is 22.8. The van der Waals surface area contributed by atoms with Crippen molar-refractivity contribution >= 4 is 27.0 Å². The first kappa shape index (κ1) is 15.8. The zero-order valence-electron chi connectivity index (χ0n) is 12.8. The fourth-order valence-electron chi connectivity index (χ4n) is 2.78. The lowest BCUT2D eigenvalue weighted by atomic mass is 10.1. The van der Waals surface area contributed by atoms with Crippen LogP contribution < -0.4 is 4.72 Å². The molecule has 1 aromatic carbocycles. The van der Waals surface area contributed by atoms with Crippen LogP contribution in [0, 0.1) is 0 Å². The molecule has 1 atom stereocenters. The standard InChI is InChI=1S/C15H18N4O3S/c1-23(21,22)18-11-5-4-8-19(10-11)15(20)14-9-16-12-6-2-3-7-13(12)17-14/h2-3,6-7,9,11,18H,4-5,8,10H2,1H3/t11-/m0/s1. The van der Waals surface area contributed by atoms with E-state index in [-0.39, 0.29) is 17.6 Å². The van der Waals surface area contributed by atoms with Gasteiger partial charge in [0.1, 0.15) is 5.69 Å². The van der Waals surface area contributed by atoms with Crippen molar-refractivity contribution in [2.24, 2.45) is 0 Å². The van der Waals surface area contributed by atoms with E-state index in [1.807, 2.05) is 24.3 Å². The topological polar surface area (TPSA) is 92.3 Å². The molecule has 0 saturated carbocycles. The molecule has 1 aliphatic heterocycles. The van der Waals surface area contributed by atoms with Crippen LogP contribution in [0.15, 0.2) is 30.5 Å². The molecule has 2 aromatic rings. The van der Waals surface area contributed by atoms with E-state index in [4.69, 9.17) is 0 Å². The Balaban J connectivity index is 1.78. The molecule has 1 amide bonds. The maximum absolute atomic E-state index is 12.6. The first-order valence-corrected chi connectivity index (χ1v) is 9.30. The van der Waals surface area contributed by atoms with Gasteiger partial charge in [0.15, 0.2) is 0 Å². The highest BCUT2D eigenvalue weighted by atomic mass is 32.2. The Morgan fingerprint density at radius 3 is 2.78 bits per heavy atom. The molecule has 2 heterocycles. The van der Waals surface area contributed by atoms with E-state index in [1.54, 1.807) is 4.90 Å². The van der Waals surface area contributed by atoms with Crippen LogP contribution in [0.2, 0.25) is 0 Å². The van der Waals surface area contributed by atoms with Gasteiger partial charge in [-0.2, -0.15) is 0 Å². The number of piperidine rings is 1. The van der Waals surface area contributed by atoms with Gasteiger partial charge in [-0.15, -0.1) is 0 Å². The van der Waals surface area contributed by atoms with Crippen LogP contribution in [0.3, 0.4) is 0 Å². The number of aromatic nitrogens is 2. The van der Waals surface area contributed by atoms with Gasteiger partial charge in [-0.05, 0) is 25.0 Å². The molecule has 3 rings (SSSR count). The zero-order chi connectivity index (χ0) is 16.4. The summed E-state index contributed by atoms with van der Waals surface area (Å²) >= 11 is 0. The molecule has 0 aliphatic carbocycles. The van der Waals surface area contributed by atoms with Crippen LogP contribution in [-0.4, -0.2) is 54.6 Å². The van der Waals surface area contributed by atoms with Crippen molar-refractivity contribution in [2.45, 2.75) is 18.9 Å². The molecule has 1 fully saturated rings. The smallest absolute Gasteiger partial charge is 0.274 e. The van der Waals surface area contributed by atoms with Gasteiger partial charge in [0.25, 0.3) is 5.91 Å². The fraction of sp³-hybridized carbons (Fsp3) is 0.400. The number of rotatable bonds is 3. The number of fused-ring (bicyclic) bond motifs is 1. The van der Waals surface area contributed by atoms with Gasteiger partial charge in [0.2, 0.25) is 10.0 Å². The Bertz CT molecular complexity index is 837. The monoisotopic (exact) mass is 334 g/mol. The SMILES string of the molecule is CS(=O)(=O)N[C@H]1CCCN(C(=O)c2cnc3ccccc3n2)C1. The number of para-hydroxylation sites is 2. The van der Waals surface area contributed by atoms with Gasteiger partial charge in [-0.3, -0.25) is 9.78 Å². The second-order valence-electron chi connectivity index (χ2n) is 5.72. The van der Waals surface area contributed by atoms with Crippen LogP contribution >= 0.6 is 0 Å². The molecule has 0 spiro atoms. The van der Waals surface area contributed by atoms with Gasteiger partial charge in [0.05, 0.1) is 23.5 Å². The van der Waals surface area contributed by atoms with Gasteiger partial charge in [-0.25, -0.2) is 18.1 Å². The van der Waals surface area contributed by atoms with Crippen molar-refractivity contribution in [1.82, 2.24) is 19.6 Å². The summed E-state index contributed by atoms with van der Waals surface area (Å²) < 4.78 is 25.3. The van der Waals surface area contributed by atoms with Crippen molar-refractivity contribution in [1.29, 1.82) is 0 Å². The van der Waals surface area contributed by atoms with E-state index in [2.05, 4.69) is 14.7 Å². The van der Waals surface area contributed by atoms with Crippen molar-refractivity contribution in [3.8, 4) is 0 Å². The molecule has 23 heavy (non-hydrogen) atoms. The summed E-state index contributed by atoms with van der Waals surface area (Å²) in [5, 5.41) is 0. The number of sulfonamides is 1. The molecule has 7 nitrogen and oxygen atoms in total. The van der Waals surface area contributed by atoms with E-state index in [1.165, 1.54) is 6.20 Å². The molecular formula is C15H18N4O3S. The first-order chi connectivity index (χ1) is 10.9. The Morgan fingerprint density at radius 1 is 1.30 bits per heavy atom. The Hall–Kier alpha value is -2.06. The highest BCUT2D eigenvalue weighted by Crippen LogP contribution is 2.15. The number of benzene rings is 1. The van der Waals surface area contributed by atoms with E-state index in [0.29, 0.717) is 18.6 Å². The molecule has 0 bridgehead atoms. The average molecular weight is 334 g/mol. The fourth-order valence-corrected chi connectivity index (χ4v) is 3.58. The zero-order valence-corrected chi connectivity index (χ0v) is 13.6. The van der Waals surface area contributed by atoms with Crippen LogP contribution in [-0.2, 0) is 10.0 Å². The molecule has 0 unspecified atom stereocenters. The molecule has 1 aliphatic rings. The summed E-state index contributed by atoms with van der Waals surface area (Å²) in [6.45, 7) is 0.940. The Labute approximate surface area is 134 Å². The number of likely N-dealkylation sites (tertiary alicyclic amines) is 1. The average Bonchev–Trinajstić information content (AvgIpc) is 2.52. The molecule has 0 radical (unpaired) electrons. The van der Waals surface area contributed by atoms with Crippen molar-refractivity contribution in [3.63, 3.8) is 0 Å².